The van der Waals surface area contributed by atoms with Crippen LogP contribution >= 0.6 is 0 Å². The lowest BCUT2D eigenvalue weighted by molar-refractivity contribution is -0.150. The van der Waals surface area contributed by atoms with Crippen molar-refractivity contribution in [1.29, 1.82) is 0 Å². The minimum Gasteiger partial charge on any atom is -0.374 e. The predicted molar refractivity (Wildman–Crippen MR) is 119 cm³/mol. The highest BCUT2D eigenvalue weighted by Crippen LogP contribution is 2.65. The van der Waals surface area contributed by atoms with Crippen molar-refractivity contribution in [3.05, 3.63) is 35.9 Å². The summed E-state index contributed by atoms with van der Waals surface area (Å²) in [7, 11) is 0. The molecule has 1 aromatic carbocycles. The first-order valence-electron chi connectivity index (χ1n) is 12.1. The Hall–Kier alpha value is -1.39. The van der Waals surface area contributed by atoms with E-state index in [9.17, 15) is 4.79 Å². The largest absolute Gasteiger partial charge is 0.374 e. The molecule has 1 N–H and O–H groups in total. The van der Waals surface area contributed by atoms with E-state index in [0.717, 1.165) is 45.5 Å². The number of ether oxygens (including phenoxy) is 1. The molecule has 4 heteroatoms. The van der Waals surface area contributed by atoms with Crippen LogP contribution in [0.15, 0.2) is 30.3 Å². The Balaban J connectivity index is 1.27. The smallest absolute Gasteiger partial charge is 0.226 e. The molecule has 30 heavy (non-hydrogen) atoms. The summed E-state index contributed by atoms with van der Waals surface area (Å²) in [4.78, 5) is 16.1. The lowest BCUT2D eigenvalue weighted by Gasteiger charge is -2.61. The molecule has 0 aromatic heterocycles. The number of rotatable bonds is 6. The van der Waals surface area contributed by atoms with Gasteiger partial charge in [0.2, 0.25) is 5.91 Å². The van der Waals surface area contributed by atoms with Crippen LogP contribution in [-0.4, -0.2) is 49.7 Å². The molecule has 1 aromatic rings. The summed E-state index contributed by atoms with van der Waals surface area (Å²) in [5.74, 6) is 2.40. The number of nitrogens with zero attached hydrogens (tertiary/aromatic N) is 1. The molecule has 4 nitrogen and oxygen atoms in total. The van der Waals surface area contributed by atoms with Gasteiger partial charge in [0.1, 0.15) is 0 Å². The maximum atomic E-state index is 13.6. The van der Waals surface area contributed by atoms with Crippen LogP contribution in [0.25, 0.3) is 0 Å². The Morgan fingerprint density at radius 2 is 1.90 bits per heavy atom. The van der Waals surface area contributed by atoms with Crippen LogP contribution in [0.4, 0.5) is 0 Å². The van der Waals surface area contributed by atoms with E-state index < -0.39 is 0 Å². The fourth-order valence-corrected chi connectivity index (χ4v) is 7.64. The Bertz CT molecular complexity index is 748. The molecular formula is C26H38N2O2. The summed E-state index contributed by atoms with van der Waals surface area (Å²) in [5, 5.41) is 3.36. The summed E-state index contributed by atoms with van der Waals surface area (Å²) in [6.07, 6.45) is 7.23. The van der Waals surface area contributed by atoms with Crippen LogP contribution in [0.5, 0.6) is 0 Å². The molecule has 4 bridgehead atoms. The van der Waals surface area contributed by atoms with Crippen LogP contribution in [-0.2, 0) is 14.9 Å². The van der Waals surface area contributed by atoms with Crippen molar-refractivity contribution in [2.24, 2.45) is 23.2 Å². The van der Waals surface area contributed by atoms with Gasteiger partial charge >= 0.3 is 0 Å². The molecule has 6 rings (SSSR count). The molecule has 1 amide bonds. The average Bonchev–Trinajstić information content (AvgIpc) is 2.71. The number of carbonyl (C=O) groups excluding carboxylic acids is 1. The fourth-order valence-electron chi connectivity index (χ4n) is 7.64. The second-order valence-electron chi connectivity index (χ2n) is 11.2. The van der Waals surface area contributed by atoms with Crippen LogP contribution in [0.1, 0.15) is 57.9 Å². The third kappa shape index (κ3) is 3.82. The molecule has 1 saturated heterocycles. The lowest BCUT2D eigenvalue weighted by Crippen LogP contribution is -2.60. The van der Waals surface area contributed by atoms with Gasteiger partial charge in [-0.1, -0.05) is 44.2 Å². The van der Waals surface area contributed by atoms with Gasteiger partial charge in [0.05, 0.1) is 18.1 Å². The molecule has 5 aliphatic rings. The van der Waals surface area contributed by atoms with E-state index in [-0.39, 0.29) is 16.9 Å². The van der Waals surface area contributed by atoms with Crippen molar-refractivity contribution < 1.29 is 9.53 Å². The highest BCUT2D eigenvalue weighted by molar-refractivity contribution is 5.83. The molecule has 1 aliphatic heterocycles. The summed E-state index contributed by atoms with van der Waals surface area (Å²) in [6.45, 7) is 9.02. The Labute approximate surface area is 181 Å². The van der Waals surface area contributed by atoms with Crippen molar-refractivity contribution >= 4 is 5.91 Å². The average molecular weight is 411 g/mol. The zero-order chi connectivity index (χ0) is 20.8. The molecule has 2 unspecified atom stereocenters. The Kier molecular flexibility index (Phi) is 5.43. The maximum absolute atomic E-state index is 13.6. The van der Waals surface area contributed by atoms with Gasteiger partial charge in [-0.2, -0.15) is 0 Å². The molecule has 1 heterocycles. The van der Waals surface area contributed by atoms with E-state index in [1.165, 1.54) is 24.8 Å². The number of hydrogen-bond donors (Lipinski definition) is 1. The van der Waals surface area contributed by atoms with Gasteiger partial charge in [-0.25, -0.2) is 0 Å². The first kappa shape index (κ1) is 20.5. The minimum atomic E-state index is -0.161. The monoisotopic (exact) mass is 410 g/mol. The van der Waals surface area contributed by atoms with Crippen LogP contribution in [0.2, 0.25) is 0 Å². The zero-order valence-electron chi connectivity index (χ0n) is 18.7. The highest BCUT2D eigenvalue weighted by atomic mass is 16.5. The number of amides is 1. The Morgan fingerprint density at radius 3 is 2.60 bits per heavy atom. The SMILES string of the molecule is CC(C)CN1CCO[C@H](CNC(=O)C23C[C@H]4C[C@@H](C2)CC(c2ccccc2)(C4)C3)C1. The second kappa shape index (κ2) is 7.94. The number of hydrogen-bond acceptors (Lipinski definition) is 3. The molecule has 0 radical (unpaired) electrons. The second-order valence-corrected chi connectivity index (χ2v) is 11.2. The first-order chi connectivity index (χ1) is 14.5. The standard InChI is InChI=1S/C26H38N2O2/c1-19(2)16-28-8-9-30-23(17-28)15-27-24(29)26-13-20-10-21(14-26)12-25(11-20,18-26)22-6-4-3-5-7-22/h3-7,19-21,23H,8-18H2,1-2H3,(H,27,29)/t20-,21+,23-,25?,26?/m1/s1. The Morgan fingerprint density at radius 1 is 1.17 bits per heavy atom. The third-order valence-electron chi connectivity index (χ3n) is 8.27. The van der Waals surface area contributed by atoms with Crippen LogP contribution in [0.3, 0.4) is 0 Å². The van der Waals surface area contributed by atoms with Gasteiger partial charge in [-0.3, -0.25) is 9.69 Å². The highest BCUT2D eigenvalue weighted by Gasteiger charge is 2.60. The molecule has 5 atom stereocenters. The molecule has 0 spiro atoms. The van der Waals surface area contributed by atoms with Crippen molar-refractivity contribution in [3.8, 4) is 0 Å². The predicted octanol–water partition coefficient (Wildman–Crippen LogP) is 4.00. The van der Waals surface area contributed by atoms with E-state index in [1.54, 1.807) is 0 Å². The number of benzene rings is 1. The lowest BCUT2D eigenvalue weighted by atomic mass is 9.42. The number of morpholine rings is 1. The van der Waals surface area contributed by atoms with Crippen molar-refractivity contribution in [2.75, 3.05) is 32.8 Å². The van der Waals surface area contributed by atoms with E-state index in [1.807, 2.05) is 0 Å². The molecule has 5 fully saturated rings. The van der Waals surface area contributed by atoms with E-state index in [2.05, 4.69) is 54.4 Å². The van der Waals surface area contributed by atoms with Gasteiger partial charge in [-0.05, 0) is 67.3 Å². The van der Waals surface area contributed by atoms with E-state index >= 15 is 0 Å². The van der Waals surface area contributed by atoms with Crippen LogP contribution < -0.4 is 5.32 Å². The topological polar surface area (TPSA) is 41.6 Å². The van der Waals surface area contributed by atoms with Gasteiger partial charge < -0.3 is 10.1 Å². The van der Waals surface area contributed by atoms with Crippen molar-refractivity contribution in [3.63, 3.8) is 0 Å². The van der Waals surface area contributed by atoms with Gasteiger partial charge in [-0.15, -0.1) is 0 Å². The molecule has 164 valence electrons. The minimum absolute atomic E-state index is 0.124. The number of carbonyl (C=O) groups is 1. The summed E-state index contributed by atoms with van der Waals surface area (Å²) in [5.41, 5.74) is 1.53. The molecule has 4 saturated carbocycles. The molecular weight excluding hydrogens is 372 g/mol. The quantitative estimate of drug-likeness (QED) is 0.771. The van der Waals surface area contributed by atoms with E-state index in [0.29, 0.717) is 30.2 Å². The van der Waals surface area contributed by atoms with E-state index in [4.69, 9.17) is 4.74 Å². The van der Waals surface area contributed by atoms with Crippen LogP contribution in [0, 0.1) is 23.2 Å². The van der Waals surface area contributed by atoms with Gasteiger partial charge in [0.15, 0.2) is 0 Å². The molecule has 4 aliphatic carbocycles. The summed E-state index contributed by atoms with van der Waals surface area (Å²) >= 11 is 0. The summed E-state index contributed by atoms with van der Waals surface area (Å²) in [6, 6.07) is 11.1. The third-order valence-corrected chi connectivity index (χ3v) is 8.27. The fraction of sp³-hybridized carbons (Fsp3) is 0.731. The normalized spacial score (nSPS) is 38.2. The summed E-state index contributed by atoms with van der Waals surface area (Å²) < 4.78 is 5.99. The zero-order valence-corrected chi connectivity index (χ0v) is 18.7. The first-order valence-corrected chi connectivity index (χ1v) is 12.1. The van der Waals surface area contributed by atoms with Gasteiger partial charge in [0.25, 0.3) is 0 Å². The van der Waals surface area contributed by atoms with Crippen molar-refractivity contribution in [2.45, 2.75) is 63.9 Å². The maximum Gasteiger partial charge on any atom is 0.226 e. The van der Waals surface area contributed by atoms with Crippen molar-refractivity contribution in [1.82, 2.24) is 10.2 Å². The van der Waals surface area contributed by atoms with Gasteiger partial charge in [0, 0.05) is 26.2 Å². The number of nitrogens with one attached hydrogen (secondary N) is 1.